The first-order valence-electron chi connectivity index (χ1n) is 4.91. The molecule has 2 N–H and O–H groups in total. The lowest BCUT2D eigenvalue weighted by Gasteiger charge is -2.21. The predicted molar refractivity (Wildman–Crippen MR) is 59.5 cm³/mol. The third-order valence-electron chi connectivity index (χ3n) is 2.30. The number of rotatable bonds is 3. The highest BCUT2D eigenvalue weighted by Gasteiger charge is 2.27. The molecule has 0 fully saturated rings. The zero-order chi connectivity index (χ0) is 13.1. The summed E-state index contributed by atoms with van der Waals surface area (Å²) >= 11 is 0. The molecule has 0 radical (unpaired) electrons. The van der Waals surface area contributed by atoms with Crippen molar-refractivity contribution in [1.29, 1.82) is 5.26 Å². The Kier molecular flexibility index (Phi) is 3.84. The van der Waals surface area contributed by atoms with Gasteiger partial charge in [-0.1, -0.05) is 0 Å². The third kappa shape index (κ3) is 3.87. The highest BCUT2D eigenvalue weighted by atomic mass is 19.4. The minimum atomic E-state index is -4.20. The number of nitrogens with two attached hydrogens (primary N) is 1. The fraction of sp³-hybridized carbons (Fsp3) is 0.364. The maximum atomic E-state index is 12.1. The van der Waals surface area contributed by atoms with Crippen LogP contribution < -0.4 is 10.6 Å². The number of nitrogens with zero attached hydrogens (tertiary/aromatic N) is 2. The Morgan fingerprint density at radius 3 is 2.59 bits per heavy atom. The molecule has 0 heterocycles. The molecule has 0 aliphatic carbocycles. The van der Waals surface area contributed by atoms with Crippen molar-refractivity contribution in [2.45, 2.75) is 12.6 Å². The zero-order valence-electron chi connectivity index (χ0n) is 9.25. The van der Waals surface area contributed by atoms with E-state index in [1.54, 1.807) is 0 Å². The quantitative estimate of drug-likeness (QED) is 0.830. The molecule has 0 bridgehead atoms. The summed E-state index contributed by atoms with van der Waals surface area (Å²) in [5.41, 5.74) is 6.81. The topological polar surface area (TPSA) is 53.0 Å². The molecule has 0 atom stereocenters. The molecule has 0 aliphatic heterocycles. The number of nitriles is 1. The number of nitrogen functional groups attached to an aromatic ring is 1. The second-order valence-corrected chi connectivity index (χ2v) is 3.67. The summed E-state index contributed by atoms with van der Waals surface area (Å²) in [7, 11) is 1.51. The van der Waals surface area contributed by atoms with Crippen molar-refractivity contribution in [3.8, 4) is 6.07 Å². The highest BCUT2D eigenvalue weighted by molar-refractivity contribution is 5.69. The van der Waals surface area contributed by atoms with E-state index in [1.807, 2.05) is 6.07 Å². The van der Waals surface area contributed by atoms with Crippen LogP contribution in [0.3, 0.4) is 0 Å². The van der Waals surface area contributed by atoms with Crippen LogP contribution in [0.1, 0.15) is 12.0 Å². The first kappa shape index (κ1) is 13.2. The Balaban J connectivity index is 2.82. The summed E-state index contributed by atoms with van der Waals surface area (Å²) in [5.74, 6) is 0. The van der Waals surface area contributed by atoms with Gasteiger partial charge >= 0.3 is 6.18 Å². The van der Waals surface area contributed by atoms with Gasteiger partial charge in [-0.05, 0) is 18.2 Å². The van der Waals surface area contributed by atoms with Crippen molar-refractivity contribution in [3.63, 3.8) is 0 Å². The molecule has 1 aromatic rings. The zero-order valence-corrected chi connectivity index (χ0v) is 9.25. The molecular weight excluding hydrogens is 231 g/mol. The molecule has 0 aromatic heterocycles. The van der Waals surface area contributed by atoms with Gasteiger partial charge in [-0.15, -0.1) is 0 Å². The SMILES string of the molecule is CN(CCC(F)(F)F)c1cc(C#N)ccc1N. The Labute approximate surface area is 97.2 Å². The first-order valence-corrected chi connectivity index (χ1v) is 4.91. The summed E-state index contributed by atoms with van der Waals surface area (Å²) in [6, 6.07) is 6.43. The van der Waals surface area contributed by atoms with Crippen LogP contribution in [0.25, 0.3) is 0 Å². The molecule has 0 aliphatic rings. The van der Waals surface area contributed by atoms with Gasteiger partial charge in [0.05, 0.1) is 29.4 Å². The summed E-state index contributed by atoms with van der Waals surface area (Å²) in [4.78, 5) is 1.39. The predicted octanol–water partition coefficient (Wildman–Crippen LogP) is 2.53. The standard InChI is InChI=1S/C11H12F3N3/c1-17(5-4-11(12,13)14)10-6-8(7-15)2-3-9(10)16/h2-3,6H,4-5,16H2,1H3. The Morgan fingerprint density at radius 2 is 2.06 bits per heavy atom. The number of halogens is 3. The Bertz CT molecular complexity index is 435. The Hall–Kier alpha value is -1.90. The van der Waals surface area contributed by atoms with Crippen LogP contribution in [0.4, 0.5) is 24.5 Å². The van der Waals surface area contributed by atoms with Crippen LogP contribution in [-0.2, 0) is 0 Å². The van der Waals surface area contributed by atoms with Gasteiger partial charge in [0.25, 0.3) is 0 Å². The van der Waals surface area contributed by atoms with Crippen molar-refractivity contribution in [1.82, 2.24) is 0 Å². The summed E-state index contributed by atoms with van der Waals surface area (Å²) in [5, 5.41) is 8.70. The average molecular weight is 243 g/mol. The molecule has 0 saturated heterocycles. The molecule has 3 nitrogen and oxygen atoms in total. The minimum absolute atomic E-state index is 0.192. The maximum absolute atomic E-state index is 12.1. The number of benzene rings is 1. The van der Waals surface area contributed by atoms with E-state index < -0.39 is 12.6 Å². The molecule has 0 unspecified atom stereocenters. The van der Waals surface area contributed by atoms with E-state index in [0.29, 0.717) is 16.9 Å². The summed E-state index contributed by atoms with van der Waals surface area (Å²) in [6.07, 6.45) is -5.12. The normalized spacial score (nSPS) is 11.0. The minimum Gasteiger partial charge on any atom is -0.397 e. The Morgan fingerprint density at radius 1 is 1.41 bits per heavy atom. The molecule has 0 amide bonds. The van der Waals surface area contributed by atoms with E-state index in [-0.39, 0.29) is 6.54 Å². The molecule has 0 saturated carbocycles. The van der Waals surface area contributed by atoms with Crippen LogP contribution in [0.15, 0.2) is 18.2 Å². The van der Waals surface area contributed by atoms with Gasteiger partial charge in [-0.25, -0.2) is 0 Å². The van der Waals surface area contributed by atoms with Crippen molar-refractivity contribution < 1.29 is 13.2 Å². The highest BCUT2D eigenvalue weighted by Crippen LogP contribution is 2.26. The third-order valence-corrected chi connectivity index (χ3v) is 2.30. The number of anilines is 2. The van der Waals surface area contributed by atoms with Crippen LogP contribution in [-0.4, -0.2) is 19.8 Å². The fourth-order valence-corrected chi connectivity index (χ4v) is 1.36. The second-order valence-electron chi connectivity index (χ2n) is 3.67. The lowest BCUT2D eigenvalue weighted by Crippen LogP contribution is -2.24. The lowest BCUT2D eigenvalue weighted by atomic mass is 10.1. The number of alkyl halides is 3. The van der Waals surface area contributed by atoms with Crippen molar-refractivity contribution >= 4 is 11.4 Å². The van der Waals surface area contributed by atoms with Gasteiger partial charge in [0.1, 0.15) is 0 Å². The number of hydrogen-bond donors (Lipinski definition) is 1. The van der Waals surface area contributed by atoms with Crippen LogP contribution in [0.5, 0.6) is 0 Å². The first-order chi connectivity index (χ1) is 7.83. The van der Waals surface area contributed by atoms with Crippen LogP contribution >= 0.6 is 0 Å². The van der Waals surface area contributed by atoms with E-state index in [9.17, 15) is 13.2 Å². The van der Waals surface area contributed by atoms with Crippen molar-refractivity contribution in [2.24, 2.45) is 0 Å². The van der Waals surface area contributed by atoms with Gasteiger partial charge in [0.2, 0.25) is 0 Å². The van der Waals surface area contributed by atoms with Gasteiger partial charge < -0.3 is 10.6 Å². The van der Waals surface area contributed by atoms with Crippen molar-refractivity contribution in [3.05, 3.63) is 23.8 Å². The van der Waals surface area contributed by atoms with E-state index in [2.05, 4.69) is 0 Å². The van der Waals surface area contributed by atoms with Gasteiger partial charge in [0, 0.05) is 13.6 Å². The van der Waals surface area contributed by atoms with E-state index >= 15 is 0 Å². The molecular formula is C11H12F3N3. The van der Waals surface area contributed by atoms with Gasteiger partial charge in [-0.3, -0.25) is 0 Å². The van der Waals surface area contributed by atoms with E-state index in [4.69, 9.17) is 11.0 Å². The maximum Gasteiger partial charge on any atom is 0.390 e. The van der Waals surface area contributed by atoms with Gasteiger partial charge in [0.15, 0.2) is 0 Å². The molecule has 17 heavy (non-hydrogen) atoms. The van der Waals surface area contributed by atoms with Crippen LogP contribution in [0.2, 0.25) is 0 Å². The smallest absolute Gasteiger partial charge is 0.390 e. The molecule has 1 rings (SSSR count). The lowest BCUT2D eigenvalue weighted by molar-refractivity contribution is -0.132. The summed E-state index contributed by atoms with van der Waals surface area (Å²) in [6.45, 7) is -0.192. The monoisotopic (exact) mass is 243 g/mol. The van der Waals surface area contributed by atoms with E-state index in [1.165, 1.54) is 30.1 Å². The van der Waals surface area contributed by atoms with Gasteiger partial charge in [-0.2, -0.15) is 18.4 Å². The van der Waals surface area contributed by atoms with E-state index in [0.717, 1.165) is 0 Å². The summed E-state index contributed by atoms with van der Waals surface area (Å²) < 4.78 is 36.2. The molecule has 0 spiro atoms. The fourth-order valence-electron chi connectivity index (χ4n) is 1.36. The second kappa shape index (κ2) is 4.95. The van der Waals surface area contributed by atoms with Crippen LogP contribution in [0, 0.1) is 11.3 Å². The van der Waals surface area contributed by atoms with Crippen molar-refractivity contribution in [2.75, 3.05) is 24.2 Å². The number of hydrogen-bond acceptors (Lipinski definition) is 3. The molecule has 92 valence electrons. The molecule has 1 aromatic carbocycles. The largest absolute Gasteiger partial charge is 0.397 e. The average Bonchev–Trinajstić information content (AvgIpc) is 2.25. The molecule has 6 heteroatoms.